The molecule has 2 aromatic heterocycles. The van der Waals surface area contributed by atoms with Gasteiger partial charge in [-0.1, -0.05) is 36.7 Å². The minimum absolute atomic E-state index is 0.223. The monoisotopic (exact) mass is 464 g/mol. The molecule has 1 amide bonds. The van der Waals surface area contributed by atoms with Crippen molar-refractivity contribution < 1.29 is 4.79 Å². The Balaban J connectivity index is 1.70. The zero-order chi connectivity index (χ0) is 22.5. The Morgan fingerprint density at radius 2 is 2.03 bits per heavy atom. The molecule has 7 heteroatoms. The van der Waals surface area contributed by atoms with Crippen molar-refractivity contribution in [2.24, 2.45) is 0 Å². The van der Waals surface area contributed by atoms with E-state index < -0.39 is 0 Å². The third kappa shape index (κ3) is 5.14. The van der Waals surface area contributed by atoms with Crippen LogP contribution in [0, 0.1) is 0 Å². The fourth-order valence-electron chi connectivity index (χ4n) is 3.58. The van der Waals surface area contributed by atoms with E-state index in [0.29, 0.717) is 17.3 Å². The first-order chi connectivity index (χ1) is 15.5. The minimum Gasteiger partial charge on any atom is -0.341 e. The summed E-state index contributed by atoms with van der Waals surface area (Å²) in [7, 11) is 0. The van der Waals surface area contributed by atoms with Crippen LogP contribution in [-0.2, 0) is 6.54 Å². The lowest BCUT2D eigenvalue weighted by Crippen LogP contribution is -2.29. The molecule has 0 fully saturated rings. The second-order valence-corrected chi connectivity index (χ2v) is 9.20. The first-order valence-corrected chi connectivity index (χ1v) is 12.0. The van der Waals surface area contributed by atoms with Crippen LogP contribution in [0.5, 0.6) is 0 Å². The molecule has 0 radical (unpaired) electrons. The van der Waals surface area contributed by atoms with Gasteiger partial charge in [-0.15, -0.1) is 11.8 Å². The fourth-order valence-corrected chi connectivity index (χ4v) is 4.60. The van der Waals surface area contributed by atoms with Crippen molar-refractivity contribution in [2.75, 3.05) is 5.75 Å². The first-order valence-electron chi connectivity index (χ1n) is 10.6. The highest BCUT2D eigenvalue weighted by atomic mass is 35.5. The molecule has 4 rings (SSSR count). The quantitative estimate of drug-likeness (QED) is 0.319. The number of thioether (sulfide) groups is 1. The summed E-state index contributed by atoms with van der Waals surface area (Å²) in [4.78, 5) is 23.0. The van der Waals surface area contributed by atoms with E-state index in [0.717, 1.165) is 34.6 Å². The maximum absolute atomic E-state index is 12.7. The molecule has 32 heavy (non-hydrogen) atoms. The molecule has 0 bridgehead atoms. The Bertz CT molecular complexity index is 1230. The summed E-state index contributed by atoms with van der Waals surface area (Å²) in [5.41, 5.74) is 3.41. The Kier molecular flexibility index (Phi) is 7.12. The second kappa shape index (κ2) is 10.2. The van der Waals surface area contributed by atoms with E-state index in [1.807, 2.05) is 43.0 Å². The molecule has 0 aliphatic heterocycles. The highest BCUT2D eigenvalue weighted by Crippen LogP contribution is 2.28. The molecule has 2 aromatic carbocycles. The highest BCUT2D eigenvalue weighted by molar-refractivity contribution is 7.99. The lowest BCUT2D eigenvalue weighted by Gasteiger charge is -2.16. The number of nitrogens with zero attached hydrogens (tertiary/aromatic N) is 3. The van der Waals surface area contributed by atoms with Gasteiger partial charge in [-0.2, -0.15) is 0 Å². The van der Waals surface area contributed by atoms with Gasteiger partial charge in [0.2, 0.25) is 0 Å². The molecule has 1 atom stereocenters. The fraction of sp³-hybridized carbons (Fsp3) is 0.240. The number of halogens is 1. The lowest BCUT2D eigenvalue weighted by molar-refractivity contribution is 0.0932. The van der Waals surface area contributed by atoms with Crippen LogP contribution in [-0.4, -0.2) is 26.2 Å². The van der Waals surface area contributed by atoms with Crippen molar-refractivity contribution in [2.45, 2.75) is 37.8 Å². The van der Waals surface area contributed by atoms with Gasteiger partial charge in [-0.25, -0.2) is 4.98 Å². The van der Waals surface area contributed by atoms with E-state index in [1.165, 1.54) is 4.90 Å². The number of fused-ring (bicyclic) bond motifs is 1. The van der Waals surface area contributed by atoms with Crippen molar-refractivity contribution in [3.63, 3.8) is 0 Å². The molecule has 1 N–H and O–H groups in total. The Morgan fingerprint density at radius 1 is 1.16 bits per heavy atom. The van der Waals surface area contributed by atoms with Gasteiger partial charge in [-0.05, 0) is 67.1 Å². The van der Waals surface area contributed by atoms with Crippen molar-refractivity contribution in [3.8, 4) is 0 Å². The Morgan fingerprint density at radius 3 is 2.78 bits per heavy atom. The van der Waals surface area contributed by atoms with Gasteiger partial charge >= 0.3 is 0 Å². The molecular weight excluding hydrogens is 440 g/mol. The average molecular weight is 465 g/mol. The van der Waals surface area contributed by atoms with Crippen LogP contribution in [0.4, 0.5) is 0 Å². The smallest absolute Gasteiger partial charge is 0.270 e. The van der Waals surface area contributed by atoms with Crippen LogP contribution in [0.25, 0.3) is 11.0 Å². The van der Waals surface area contributed by atoms with Gasteiger partial charge in [0.05, 0.1) is 17.1 Å². The molecule has 4 aromatic rings. The number of hydrogen-bond donors (Lipinski definition) is 1. The number of carbonyl (C=O) groups excluding carboxylic acids is 1. The third-order valence-electron chi connectivity index (χ3n) is 5.08. The topological polar surface area (TPSA) is 59.8 Å². The predicted molar refractivity (Wildman–Crippen MR) is 131 cm³/mol. The highest BCUT2D eigenvalue weighted by Gasteiger charge is 2.20. The summed E-state index contributed by atoms with van der Waals surface area (Å²) in [6, 6.07) is 19.2. The van der Waals surface area contributed by atoms with Crippen molar-refractivity contribution in [3.05, 3.63) is 89.0 Å². The van der Waals surface area contributed by atoms with E-state index in [1.54, 1.807) is 24.4 Å². The van der Waals surface area contributed by atoms with E-state index >= 15 is 0 Å². The first kappa shape index (κ1) is 22.4. The Hall–Kier alpha value is -2.83. The number of carbonyl (C=O) groups is 1. The zero-order valence-electron chi connectivity index (χ0n) is 18.1. The summed E-state index contributed by atoms with van der Waals surface area (Å²) in [6.07, 6.45) is 2.73. The molecule has 0 saturated heterocycles. The molecule has 2 heterocycles. The second-order valence-electron chi connectivity index (χ2n) is 7.60. The summed E-state index contributed by atoms with van der Waals surface area (Å²) in [5, 5.41) is 3.74. The molecule has 164 valence electrons. The summed E-state index contributed by atoms with van der Waals surface area (Å²) < 4.78 is 2.15. The zero-order valence-corrected chi connectivity index (χ0v) is 19.7. The van der Waals surface area contributed by atoms with Crippen LogP contribution < -0.4 is 5.32 Å². The van der Waals surface area contributed by atoms with Gasteiger partial charge in [0.1, 0.15) is 11.5 Å². The number of aromatic nitrogens is 3. The van der Waals surface area contributed by atoms with Crippen molar-refractivity contribution >= 4 is 40.3 Å². The van der Waals surface area contributed by atoms with Gasteiger partial charge in [0.15, 0.2) is 0 Å². The lowest BCUT2D eigenvalue weighted by atomic mass is 10.2. The van der Waals surface area contributed by atoms with E-state index in [2.05, 4.69) is 40.0 Å². The molecule has 0 aliphatic rings. The summed E-state index contributed by atoms with van der Waals surface area (Å²) in [5.74, 6) is 1.64. The van der Waals surface area contributed by atoms with Gasteiger partial charge < -0.3 is 9.88 Å². The standard InChI is InChI=1S/C25H25ClN4OS/c1-3-13-32-20-10-11-23-22(15-20)29-24(30(23)16-18-7-6-8-19(26)14-18)17(2)28-25(31)21-9-4-5-12-27-21/h4-12,14-15,17H,3,13,16H2,1-2H3,(H,28,31). The van der Waals surface area contributed by atoms with Crippen LogP contribution in [0.1, 0.15) is 48.2 Å². The van der Waals surface area contributed by atoms with E-state index in [4.69, 9.17) is 16.6 Å². The van der Waals surface area contributed by atoms with Crippen LogP contribution in [0.3, 0.4) is 0 Å². The van der Waals surface area contributed by atoms with Gasteiger partial charge in [0, 0.05) is 22.7 Å². The SMILES string of the molecule is CCCSc1ccc2c(c1)nc(C(C)NC(=O)c1ccccn1)n2Cc1cccc(Cl)c1. The number of rotatable bonds is 8. The van der Waals surface area contributed by atoms with Gasteiger partial charge in [0.25, 0.3) is 5.91 Å². The number of hydrogen-bond acceptors (Lipinski definition) is 4. The maximum Gasteiger partial charge on any atom is 0.270 e. The van der Waals surface area contributed by atoms with Gasteiger partial charge in [-0.3, -0.25) is 9.78 Å². The number of benzene rings is 2. The maximum atomic E-state index is 12.7. The van der Waals surface area contributed by atoms with E-state index in [9.17, 15) is 4.79 Å². The number of pyridine rings is 1. The van der Waals surface area contributed by atoms with Crippen LogP contribution in [0.2, 0.25) is 5.02 Å². The normalized spacial score (nSPS) is 12.1. The largest absolute Gasteiger partial charge is 0.341 e. The van der Waals surface area contributed by atoms with Crippen molar-refractivity contribution in [1.29, 1.82) is 0 Å². The molecule has 5 nitrogen and oxygen atoms in total. The van der Waals surface area contributed by atoms with Crippen LogP contribution in [0.15, 0.2) is 71.8 Å². The summed E-state index contributed by atoms with van der Waals surface area (Å²) >= 11 is 8.05. The van der Waals surface area contributed by atoms with Crippen molar-refractivity contribution in [1.82, 2.24) is 19.9 Å². The average Bonchev–Trinajstić information content (AvgIpc) is 3.16. The third-order valence-corrected chi connectivity index (χ3v) is 6.52. The number of amides is 1. The molecular formula is C25H25ClN4OS. The molecule has 0 saturated carbocycles. The molecule has 0 spiro atoms. The number of nitrogens with one attached hydrogen (secondary N) is 1. The minimum atomic E-state index is -0.303. The molecule has 1 unspecified atom stereocenters. The van der Waals surface area contributed by atoms with Crippen LogP contribution >= 0.6 is 23.4 Å². The van der Waals surface area contributed by atoms with E-state index in [-0.39, 0.29) is 11.9 Å². The number of imidazole rings is 1. The summed E-state index contributed by atoms with van der Waals surface area (Å²) in [6.45, 7) is 4.73. The Labute approximate surface area is 197 Å². The predicted octanol–water partition coefficient (Wildman–Crippen LogP) is 6.13. The molecule has 0 aliphatic carbocycles.